The quantitative estimate of drug-likeness (QED) is 0.848. The van der Waals surface area contributed by atoms with Gasteiger partial charge in [0, 0.05) is 38.7 Å². The molecule has 23 heavy (non-hydrogen) atoms. The molecule has 126 valence electrons. The van der Waals surface area contributed by atoms with Gasteiger partial charge < -0.3 is 14.6 Å². The summed E-state index contributed by atoms with van der Waals surface area (Å²) in [6.45, 7) is 5.43. The zero-order valence-electron chi connectivity index (χ0n) is 13.7. The molecule has 0 aliphatic carbocycles. The summed E-state index contributed by atoms with van der Waals surface area (Å²) >= 11 is 0. The lowest BCUT2D eigenvalue weighted by molar-refractivity contribution is 0.0127. The number of nitrogens with zero attached hydrogens (tertiary/aromatic N) is 4. The van der Waals surface area contributed by atoms with E-state index in [2.05, 4.69) is 19.9 Å². The number of aromatic amines is 1. The Morgan fingerprint density at radius 2 is 2.13 bits per heavy atom. The molecule has 0 amide bonds. The molecule has 0 unspecified atom stereocenters. The maximum Gasteiger partial charge on any atom is 0.287 e. The van der Waals surface area contributed by atoms with Crippen LogP contribution in [0.5, 0.6) is 0 Å². The molecule has 0 fully saturated rings. The van der Waals surface area contributed by atoms with E-state index in [1.165, 1.54) is 12.3 Å². The number of rotatable bonds is 7. The molecule has 2 heterocycles. The Hall–Kier alpha value is -2.09. The smallest absolute Gasteiger partial charge is 0.287 e. The van der Waals surface area contributed by atoms with Crippen molar-refractivity contribution in [2.45, 2.75) is 39.3 Å². The summed E-state index contributed by atoms with van der Waals surface area (Å²) in [4.78, 5) is 17.3. The highest BCUT2D eigenvalue weighted by Gasteiger charge is 2.27. The number of hydrogen-bond acceptors (Lipinski definition) is 5. The summed E-state index contributed by atoms with van der Waals surface area (Å²) in [5, 5.41) is 0. The van der Waals surface area contributed by atoms with E-state index in [1.807, 2.05) is 13.8 Å². The van der Waals surface area contributed by atoms with Crippen LogP contribution in [0.15, 0.2) is 18.5 Å². The molecule has 1 N–H and O–H groups in total. The Morgan fingerprint density at radius 1 is 1.39 bits per heavy atom. The van der Waals surface area contributed by atoms with Crippen molar-refractivity contribution >= 4 is 5.95 Å². The molecular formula is C15H21F2N5O. The summed E-state index contributed by atoms with van der Waals surface area (Å²) in [6.07, 6.45) is 2.94. The minimum atomic E-state index is -3.02. The monoisotopic (exact) mass is 325 g/mol. The molecule has 8 heteroatoms. The Balaban J connectivity index is 2.29. The Bertz CT molecular complexity index is 641. The van der Waals surface area contributed by atoms with Gasteiger partial charge in [-0.05, 0) is 19.9 Å². The first-order valence-electron chi connectivity index (χ1n) is 7.29. The van der Waals surface area contributed by atoms with Crippen molar-refractivity contribution in [1.29, 1.82) is 0 Å². The minimum absolute atomic E-state index is 0.111. The molecule has 0 bridgehead atoms. The van der Waals surface area contributed by atoms with Gasteiger partial charge in [0.2, 0.25) is 5.95 Å². The third-order valence-electron chi connectivity index (χ3n) is 3.35. The van der Waals surface area contributed by atoms with Crippen LogP contribution in [0.3, 0.4) is 0 Å². The van der Waals surface area contributed by atoms with E-state index in [9.17, 15) is 8.78 Å². The number of ether oxygens (including phenoxy) is 1. The average molecular weight is 325 g/mol. The maximum atomic E-state index is 13.5. The molecule has 6 nitrogen and oxygen atoms in total. The van der Waals surface area contributed by atoms with Crippen LogP contribution in [0, 0.1) is 6.92 Å². The highest BCUT2D eigenvalue weighted by molar-refractivity contribution is 5.32. The molecular weight excluding hydrogens is 304 g/mol. The average Bonchev–Trinajstić information content (AvgIpc) is 2.91. The number of alkyl halides is 2. The Kier molecular flexibility index (Phi) is 5.25. The van der Waals surface area contributed by atoms with Crippen molar-refractivity contribution in [3.05, 3.63) is 35.7 Å². The number of aryl methyl sites for hydroxylation is 1. The van der Waals surface area contributed by atoms with Gasteiger partial charge in [-0.15, -0.1) is 0 Å². The van der Waals surface area contributed by atoms with Crippen molar-refractivity contribution in [3.8, 4) is 0 Å². The highest BCUT2D eigenvalue weighted by Crippen LogP contribution is 2.26. The second kappa shape index (κ2) is 6.99. The van der Waals surface area contributed by atoms with E-state index in [-0.39, 0.29) is 17.7 Å². The van der Waals surface area contributed by atoms with Crippen molar-refractivity contribution in [2.75, 3.05) is 18.6 Å². The van der Waals surface area contributed by atoms with Crippen LogP contribution in [0.1, 0.15) is 31.1 Å². The predicted octanol–water partition coefficient (Wildman–Crippen LogP) is 2.66. The first-order chi connectivity index (χ1) is 10.8. The molecule has 0 saturated carbocycles. The molecule has 0 spiro atoms. The van der Waals surface area contributed by atoms with Crippen LogP contribution >= 0.6 is 0 Å². The standard InChI is InChI=1S/C15H21F2N5O/c1-10-7-19-13(20-10)9-22(8-11(2)23-4)14-18-6-5-12(21-14)15(3,16)17/h5-7,11H,8-9H2,1-4H3,(H,19,20)/t11-/m1/s1. The lowest BCUT2D eigenvalue weighted by atomic mass is 10.2. The summed E-state index contributed by atoms with van der Waals surface area (Å²) in [5.74, 6) is -2.08. The van der Waals surface area contributed by atoms with E-state index < -0.39 is 5.92 Å². The number of methoxy groups -OCH3 is 1. The van der Waals surface area contributed by atoms with Gasteiger partial charge >= 0.3 is 0 Å². The zero-order valence-corrected chi connectivity index (χ0v) is 13.7. The zero-order chi connectivity index (χ0) is 17.0. The first-order valence-corrected chi connectivity index (χ1v) is 7.29. The maximum absolute atomic E-state index is 13.5. The van der Waals surface area contributed by atoms with Gasteiger partial charge in [0.15, 0.2) is 0 Å². The third-order valence-corrected chi connectivity index (χ3v) is 3.35. The Morgan fingerprint density at radius 3 is 2.70 bits per heavy atom. The number of H-pyrrole nitrogens is 1. The van der Waals surface area contributed by atoms with E-state index in [0.29, 0.717) is 18.9 Å². The summed E-state index contributed by atoms with van der Waals surface area (Å²) < 4.78 is 32.3. The highest BCUT2D eigenvalue weighted by atomic mass is 19.3. The Labute approximate surface area is 133 Å². The SMILES string of the molecule is CO[C@H](C)CN(Cc1ncc(C)[nH]1)c1nccc(C(C)(F)F)n1. The number of aromatic nitrogens is 4. The van der Waals surface area contributed by atoms with E-state index >= 15 is 0 Å². The number of imidazole rings is 1. The second-order valence-electron chi connectivity index (χ2n) is 5.57. The summed E-state index contributed by atoms with van der Waals surface area (Å²) in [5.41, 5.74) is 0.614. The van der Waals surface area contributed by atoms with Crippen molar-refractivity contribution in [1.82, 2.24) is 19.9 Å². The molecule has 2 rings (SSSR count). The fraction of sp³-hybridized carbons (Fsp3) is 0.533. The van der Waals surface area contributed by atoms with E-state index in [0.717, 1.165) is 12.6 Å². The normalized spacial score (nSPS) is 13.1. The van der Waals surface area contributed by atoms with Gasteiger partial charge in [-0.25, -0.2) is 15.0 Å². The van der Waals surface area contributed by atoms with Gasteiger partial charge in [-0.3, -0.25) is 0 Å². The van der Waals surface area contributed by atoms with Crippen molar-refractivity contribution in [3.63, 3.8) is 0 Å². The lowest BCUT2D eigenvalue weighted by Crippen LogP contribution is -2.33. The van der Waals surface area contributed by atoms with Gasteiger partial charge in [-0.2, -0.15) is 8.78 Å². The second-order valence-corrected chi connectivity index (χ2v) is 5.57. The number of nitrogens with one attached hydrogen (secondary N) is 1. The van der Waals surface area contributed by atoms with Gasteiger partial charge in [0.1, 0.15) is 11.5 Å². The van der Waals surface area contributed by atoms with Crippen LogP contribution in [-0.4, -0.2) is 39.7 Å². The molecule has 2 aromatic rings. The molecule has 2 aromatic heterocycles. The number of halogens is 2. The van der Waals surface area contributed by atoms with Gasteiger partial charge in [0.25, 0.3) is 5.92 Å². The minimum Gasteiger partial charge on any atom is -0.380 e. The number of anilines is 1. The molecule has 0 aliphatic heterocycles. The molecule has 0 saturated heterocycles. The van der Waals surface area contributed by atoms with Crippen LogP contribution < -0.4 is 4.90 Å². The molecule has 0 aliphatic rings. The summed E-state index contributed by atoms with van der Waals surface area (Å²) in [7, 11) is 1.59. The topological polar surface area (TPSA) is 66.9 Å². The van der Waals surface area contributed by atoms with Crippen molar-refractivity contribution < 1.29 is 13.5 Å². The van der Waals surface area contributed by atoms with Crippen molar-refractivity contribution in [2.24, 2.45) is 0 Å². The first kappa shape index (κ1) is 17.3. The summed E-state index contributed by atoms with van der Waals surface area (Å²) in [6, 6.07) is 1.22. The van der Waals surface area contributed by atoms with Gasteiger partial charge in [0.05, 0.1) is 12.6 Å². The van der Waals surface area contributed by atoms with Gasteiger partial charge in [-0.1, -0.05) is 0 Å². The van der Waals surface area contributed by atoms with E-state index in [1.54, 1.807) is 18.2 Å². The van der Waals surface area contributed by atoms with E-state index in [4.69, 9.17) is 4.74 Å². The molecule has 1 atom stereocenters. The largest absolute Gasteiger partial charge is 0.380 e. The lowest BCUT2D eigenvalue weighted by Gasteiger charge is -2.25. The van der Waals surface area contributed by atoms with Crippen LogP contribution in [0.25, 0.3) is 0 Å². The molecule has 0 aromatic carbocycles. The van der Waals surface area contributed by atoms with Crippen LogP contribution in [0.2, 0.25) is 0 Å². The number of hydrogen-bond donors (Lipinski definition) is 1. The molecule has 0 radical (unpaired) electrons. The van der Waals surface area contributed by atoms with Crippen LogP contribution in [0.4, 0.5) is 14.7 Å². The fourth-order valence-corrected chi connectivity index (χ4v) is 2.08. The predicted molar refractivity (Wildman–Crippen MR) is 82.4 cm³/mol. The third kappa shape index (κ3) is 4.69. The van der Waals surface area contributed by atoms with Crippen LogP contribution in [-0.2, 0) is 17.2 Å². The fourth-order valence-electron chi connectivity index (χ4n) is 2.08.